The van der Waals surface area contributed by atoms with E-state index in [2.05, 4.69) is 10.6 Å². The summed E-state index contributed by atoms with van der Waals surface area (Å²) in [7, 11) is 1.59. The predicted octanol–water partition coefficient (Wildman–Crippen LogP) is 2.78. The zero-order valence-electron chi connectivity index (χ0n) is 15.1. The van der Waals surface area contributed by atoms with Gasteiger partial charge in [0.15, 0.2) is 0 Å². The van der Waals surface area contributed by atoms with Crippen molar-refractivity contribution in [3.05, 3.63) is 65.2 Å². The Morgan fingerprint density at radius 3 is 2.54 bits per heavy atom. The summed E-state index contributed by atoms with van der Waals surface area (Å²) in [6.07, 6.45) is 0. The third-order valence-electron chi connectivity index (χ3n) is 3.82. The first-order valence-corrected chi connectivity index (χ1v) is 9.40. The molecule has 0 bridgehead atoms. The highest BCUT2D eigenvalue weighted by Crippen LogP contribution is 2.22. The molecule has 0 heterocycles. The molecule has 2 aromatic carbocycles. The lowest BCUT2D eigenvalue weighted by Gasteiger charge is -2.11. The molecule has 0 saturated heterocycles. The maximum absolute atomic E-state index is 12.6. The lowest BCUT2D eigenvalue weighted by atomic mass is 10.1. The number of hydrogen-bond acceptors (Lipinski definition) is 4. The quantitative estimate of drug-likeness (QED) is 0.525. The molecule has 2 amide bonds. The molecular formula is C20H24N2O3S. The number of ether oxygens (including phenoxy) is 1. The Morgan fingerprint density at radius 2 is 1.77 bits per heavy atom. The Morgan fingerprint density at radius 1 is 1.04 bits per heavy atom. The van der Waals surface area contributed by atoms with E-state index in [0.29, 0.717) is 25.3 Å². The van der Waals surface area contributed by atoms with Crippen LogP contribution in [0.2, 0.25) is 0 Å². The molecule has 2 aromatic rings. The van der Waals surface area contributed by atoms with Crippen molar-refractivity contribution in [3.8, 4) is 0 Å². The number of carbonyl (C=O) groups is 2. The minimum absolute atomic E-state index is 0.0813. The van der Waals surface area contributed by atoms with Crippen molar-refractivity contribution in [2.75, 3.05) is 26.0 Å². The summed E-state index contributed by atoms with van der Waals surface area (Å²) in [5.74, 6) is 0.0320. The van der Waals surface area contributed by atoms with E-state index in [9.17, 15) is 9.59 Å². The lowest BCUT2D eigenvalue weighted by molar-refractivity contribution is -0.118. The van der Waals surface area contributed by atoms with E-state index in [-0.39, 0.29) is 17.6 Å². The Kier molecular flexibility index (Phi) is 8.18. The largest absolute Gasteiger partial charge is 0.383 e. The van der Waals surface area contributed by atoms with Gasteiger partial charge in [0.05, 0.1) is 17.9 Å². The molecule has 26 heavy (non-hydrogen) atoms. The first kappa shape index (κ1) is 20.0. The molecule has 0 aromatic heterocycles. The van der Waals surface area contributed by atoms with Gasteiger partial charge in [0.25, 0.3) is 5.91 Å². The highest BCUT2D eigenvalue weighted by atomic mass is 32.2. The molecule has 0 saturated carbocycles. The van der Waals surface area contributed by atoms with E-state index in [1.54, 1.807) is 13.2 Å². The highest BCUT2D eigenvalue weighted by molar-refractivity contribution is 8.00. The second kappa shape index (κ2) is 10.6. The van der Waals surface area contributed by atoms with Crippen molar-refractivity contribution < 1.29 is 14.3 Å². The van der Waals surface area contributed by atoms with Crippen LogP contribution in [0.3, 0.4) is 0 Å². The molecule has 2 rings (SSSR count). The summed E-state index contributed by atoms with van der Waals surface area (Å²) >= 11 is 1.35. The standard InChI is InChI=1S/C20H24N2O3S/c1-15-7-3-4-8-16(15)13-22-20(24)17-9-5-6-10-18(17)26-14-19(23)21-11-12-25-2/h3-10H,11-14H2,1-2H3,(H,21,23)(H,22,24). The number of nitrogens with one attached hydrogen (secondary N) is 2. The Hall–Kier alpha value is -2.31. The third-order valence-corrected chi connectivity index (χ3v) is 4.89. The zero-order chi connectivity index (χ0) is 18.8. The van der Waals surface area contributed by atoms with Crippen LogP contribution in [-0.2, 0) is 16.1 Å². The molecule has 138 valence electrons. The molecule has 6 heteroatoms. The number of methoxy groups -OCH3 is 1. The van der Waals surface area contributed by atoms with Crippen molar-refractivity contribution in [2.45, 2.75) is 18.4 Å². The maximum Gasteiger partial charge on any atom is 0.252 e. The van der Waals surface area contributed by atoms with Crippen LogP contribution >= 0.6 is 11.8 Å². The lowest BCUT2D eigenvalue weighted by Crippen LogP contribution is -2.28. The summed E-state index contributed by atoms with van der Waals surface area (Å²) in [5.41, 5.74) is 2.81. The van der Waals surface area contributed by atoms with Crippen LogP contribution in [0.25, 0.3) is 0 Å². The van der Waals surface area contributed by atoms with Crippen LogP contribution in [0, 0.1) is 6.92 Å². The minimum atomic E-state index is -0.142. The average molecular weight is 372 g/mol. The van der Waals surface area contributed by atoms with Crippen molar-refractivity contribution in [3.63, 3.8) is 0 Å². The first-order chi connectivity index (χ1) is 12.6. The van der Waals surface area contributed by atoms with Gasteiger partial charge in [-0.3, -0.25) is 9.59 Å². The van der Waals surface area contributed by atoms with Crippen molar-refractivity contribution in [1.29, 1.82) is 0 Å². The van der Waals surface area contributed by atoms with Crippen LogP contribution < -0.4 is 10.6 Å². The fraction of sp³-hybridized carbons (Fsp3) is 0.300. The van der Waals surface area contributed by atoms with Crippen LogP contribution in [0.15, 0.2) is 53.4 Å². The van der Waals surface area contributed by atoms with Crippen molar-refractivity contribution in [2.24, 2.45) is 0 Å². The van der Waals surface area contributed by atoms with E-state index in [1.165, 1.54) is 11.8 Å². The van der Waals surface area contributed by atoms with E-state index in [1.807, 2.05) is 49.4 Å². The minimum Gasteiger partial charge on any atom is -0.383 e. The number of rotatable bonds is 9. The van der Waals surface area contributed by atoms with Gasteiger partial charge in [0.1, 0.15) is 0 Å². The molecule has 5 nitrogen and oxygen atoms in total. The van der Waals surface area contributed by atoms with Gasteiger partial charge in [-0.05, 0) is 30.2 Å². The maximum atomic E-state index is 12.6. The summed E-state index contributed by atoms with van der Waals surface area (Å²) in [6.45, 7) is 3.46. The molecule has 0 spiro atoms. The fourth-order valence-electron chi connectivity index (χ4n) is 2.35. The fourth-order valence-corrected chi connectivity index (χ4v) is 3.23. The van der Waals surface area contributed by atoms with Gasteiger partial charge in [-0.1, -0.05) is 36.4 Å². The van der Waals surface area contributed by atoms with Gasteiger partial charge in [-0.2, -0.15) is 0 Å². The molecule has 0 aliphatic carbocycles. The average Bonchev–Trinajstić information content (AvgIpc) is 2.66. The number of aryl methyl sites for hydroxylation is 1. The van der Waals surface area contributed by atoms with Crippen LogP contribution in [0.4, 0.5) is 0 Å². The number of carbonyl (C=O) groups excluding carboxylic acids is 2. The molecule has 0 aliphatic heterocycles. The van der Waals surface area contributed by atoms with Gasteiger partial charge >= 0.3 is 0 Å². The molecule has 0 atom stereocenters. The normalized spacial score (nSPS) is 10.4. The summed E-state index contributed by atoms with van der Waals surface area (Å²) in [6, 6.07) is 15.3. The molecule has 0 radical (unpaired) electrons. The van der Waals surface area contributed by atoms with Gasteiger partial charge in [-0.15, -0.1) is 11.8 Å². The molecule has 0 aliphatic rings. The Labute approximate surface area is 158 Å². The number of thioether (sulfide) groups is 1. The first-order valence-electron chi connectivity index (χ1n) is 8.42. The smallest absolute Gasteiger partial charge is 0.252 e. The van der Waals surface area contributed by atoms with E-state index < -0.39 is 0 Å². The van der Waals surface area contributed by atoms with Gasteiger partial charge in [0, 0.05) is 25.1 Å². The summed E-state index contributed by atoms with van der Waals surface area (Å²) in [5, 5.41) is 5.73. The summed E-state index contributed by atoms with van der Waals surface area (Å²) < 4.78 is 4.90. The molecular weight excluding hydrogens is 348 g/mol. The second-order valence-electron chi connectivity index (χ2n) is 5.74. The van der Waals surface area contributed by atoms with Crippen LogP contribution in [0.5, 0.6) is 0 Å². The Bertz CT molecular complexity index is 749. The van der Waals surface area contributed by atoms with Gasteiger partial charge in [0.2, 0.25) is 5.91 Å². The van der Waals surface area contributed by atoms with Crippen LogP contribution in [0.1, 0.15) is 21.5 Å². The SMILES string of the molecule is COCCNC(=O)CSc1ccccc1C(=O)NCc1ccccc1C. The van der Waals surface area contributed by atoms with E-state index in [0.717, 1.165) is 16.0 Å². The number of hydrogen-bond donors (Lipinski definition) is 2. The second-order valence-corrected chi connectivity index (χ2v) is 6.75. The molecule has 2 N–H and O–H groups in total. The Balaban J connectivity index is 1.93. The van der Waals surface area contributed by atoms with E-state index in [4.69, 9.17) is 4.74 Å². The van der Waals surface area contributed by atoms with Crippen molar-refractivity contribution in [1.82, 2.24) is 10.6 Å². The van der Waals surface area contributed by atoms with Crippen LogP contribution in [-0.4, -0.2) is 37.8 Å². The number of benzene rings is 2. The van der Waals surface area contributed by atoms with Gasteiger partial charge in [-0.25, -0.2) is 0 Å². The predicted molar refractivity (Wildman–Crippen MR) is 104 cm³/mol. The summed E-state index contributed by atoms with van der Waals surface area (Å²) in [4.78, 5) is 25.2. The third kappa shape index (κ3) is 6.20. The highest BCUT2D eigenvalue weighted by Gasteiger charge is 2.13. The molecule has 0 unspecified atom stereocenters. The molecule has 0 fully saturated rings. The van der Waals surface area contributed by atoms with E-state index >= 15 is 0 Å². The zero-order valence-corrected chi connectivity index (χ0v) is 15.9. The monoisotopic (exact) mass is 372 g/mol. The number of amides is 2. The van der Waals surface area contributed by atoms with Crippen molar-refractivity contribution >= 4 is 23.6 Å². The topological polar surface area (TPSA) is 67.4 Å². The van der Waals surface area contributed by atoms with Gasteiger partial charge < -0.3 is 15.4 Å².